The molecule has 0 unspecified atom stereocenters. The Morgan fingerprint density at radius 2 is 1.68 bits per heavy atom. The molecule has 0 bridgehead atoms. The van der Waals surface area contributed by atoms with Crippen LogP contribution in [0.1, 0.15) is 41.5 Å². The molecule has 0 radical (unpaired) electrons. The van der Waals surface area contributed by atoms with Gasteiger partial charge in [-0.15, -0.1) is 0 Å². The SMILES string of the molecule is CC(C)(C)OC(=O)c1ccc(-c2cc(F)cc(C=O)c2)cc1. The van der Waals surface area contributed by atoms with Gasteiger partial charge in [0.15, 0.2) is 0 Å². The van der Waals surface area contributed by atoms with Crippen LogP contribution in [0.2, 0.25) is 0 Å². The number of carbonyl (C=O) groups excluding carboxylic acids is 2. The molecule has 114 valence electrons. The van der Waals surface area contributed by atoms with Gasteiger partial charge in [-0.1, -0.05) is 12.1 Å². The van der Waals surface area contributed by atoms with Gasteiger partial charge in [-0.3, -0.25) is 4.79 Å². The first kappa shape index (κ1) is 15.9. The molecule has 2 aromatic rings. The molecule has 2 rings (SSSR count). The van der Waals surface area contributed by atoms with E-state index < -0.39 is 17.4 Å². The van der Waals surface area contributed by atoms with E-state index in [1.54, 1.807) is 51.1 Å². The molecule has 0 fully saturated rings. The van der Waals surface area contributed by atoms with E-state index in [0.717, 1.165) is 5.56 Å². The minimum absolute atomic E-state index is 0.270. The second-order valence-corrected chi connectivity index (χ2v) is 5.97. The average molecular weight is 300 g/mol. The average Bonchev–Trinajstić information content (AvgIpc) is 2.45. The third-order valence-corrected chi connectivity index (χ3v) is 2.91. The van der Waals surface area contributed by atoms with Crippen molar-refractivity contribution in [2.45, 2.75) is 26.4 Å². The molecule has 0 aliphatic carbocycles. The van der Waals surface area contributed by atoms with Crippen LogP contribution < -0.4 is 0 Å². The number of rotatable bonds is 3. The van der Waals surface area contributed by atoms with Crippen LogP contribution in [-0.2, 0) is 4.74 Å². The Morgan fingerprint density at radius 1 is 1.05 bits per heavy atom. The Labute approximate surface area is 128 Å². The lowest BCUT2D eigenvalue weighted by Crippen LogP contribution is -2.23. The van der Waals surface area contributed by atoms with Crippen LogP contribution in [0.3, 0.4) is 0 Å². The normalized spacial score (nSPS) is 11.1. The number of esters is 1. The standard InChI is InChI=1S/C18H17FO3/c1-18(2,3)22-17(21)14-6-4-13(5-7-14)15-8-12(11-20)9-16(19)10-15/h4-11H,1-3H3. The van der Waals surface area contributed by atoms with E-state index in [9.17, 15) is 14.0 Å². The zero-order valence-corrected chi connectivity index (χ0v) is 12.7. The first-order valence-electron chi connectivity index (χ1n) is 6.88. The van der Waals surface area contributed by atoms with Crippen molar-refractivity contribution in [1.82, 2.24) is 0 Å². The van der Waals surface area contributed by atoms with Gasteiger partial charge < -0.3 is 4.74 Å². The molecule has 22 heavy (non-hydrogen) atoms. The second kappa shape index (κ2) is 6.10. The van der Waals surface area contributed by atoms with E-state index in [1.165, 1.54) is 12.1 Å². The number of carbonyl (C=O) groups is 2. The molecule has 0 N–H and O–H groups in total. The van der Waals surface area contributed by atoms with Crippen molar-refractivity contribution >= 4 is 12.3 Å². The fourth-order valence-corrected chi connectivity index (χ4v) is 1.98. The third-order valence-electron chi connectivity index (χ3n) is 2.91. The van der Waals surface area contributed by atoms with Gasteiger partial charge in [0, 0.05) is 5.56 Å². The molecule has 0 aliphatic rings. The molecule has 0 saturated carbocycles. The molecule has 0 aliphatic heterocycles. The minimum Gasteiger partial charge on any atom is -0.456 e. The summed E-state index contributed by atoms with van der Waals surface area (Å²) in [5.74, 6) is -0.886. The highest BCUT2D eigenvalue weighted by Crippen LogP contribution is 2.23. The molecule has 4 heteroatoms. The summed E-state index contributed by atoms with van der Waals surface area (Å²) in [7, 11) is 0. The van der Waals surface area contributed by atoms with Gasteiger partial charge in [0.05, 0.1) is 5.56 Å². The summed E-state index contributed by atoms with van der Waals surface area (Å²) in [6.45, 7) is 5.40. The summed E-state index contributed by atoms with van der Waals surface area (Å²) in [6, 6.07) is 10.7. The van der Waals surface area contributed by atoms with E-state index in [-0.39, 0.29) is 5.56 Å². The van der Waals surface area contributed by atoms with Crippen molar-refractivity contribution in [3.63, 3.8) is 0 Å². The van der Waals surface area contributed by atoms with Gasteiger partial charge in [-0.25, -0.2) is 9.18 Å². The van der Waals surface area contributed by atoms with Crippen LogP contribution in [0.5, 0.6) is 0 Å². The number of aldehydes is 1. The maximum atomic E-state index is 13.5. The van der Waals surface area contributed by atoms with Crippen molar-refractivity contribution in [2.24, 2.45) is 0 Å². The molecule has 0 saturated heterocycles. The predicted octanol–water partition coefficient (Wildman–Crippen LogP) is 4.26. The molecule has 0 aromatic heterocycles. The lowest BCUT2D eigenvalue weighted by molar-refractivity contribution is 0.00695. The number of hydrogen-bond donors (Lipinski definition) is 0. The summed E-state index contributed by atoms with van der Waals surface area (Å²) in [5.41, 5.74) is 1.43. The van der Waals surface area contributed by atoms with Crippen LogP contribution >= 0.6 is 0 Å². The maximum Gasteiger partial charge on any atom is 0.338 e. The van der Waals surface area contributed by atoms with Crippen molar-refractivity contribution < 1.29 is 18.7 Å². The Morgan fingerprint density at radius 3 is 2.23 bits per heavy atom. The van der Waals surface area contributed by atoms with Crippen molar-refractivity contribution in [3.8, 4) is 11.1 Å². The lowest BCUT2D eigenvalue weighted by atomic mass is 10.0. The Kier molecular flexibility index (Phi) is 4.40. The maximum absolute atomic E-state index is 13.5. The fraction of sp³-hybridized carbons (Fsp3) is 0.222. The number of halogens is 1. The first-order chi connectivity index (χ1) is 10.3. The van der Waals surface area contributed by atoms with Gasteiger partial charge in [-0.05, 0) is 62.2 Å². The van der Waals surface area contributed by atoms with Crippen LogP contribution in [0.15, 0.2) is 42.5 Å². The first-order valence-corrected chi connectivity index (χ1v) is 6.88. The van der Waals surface area contributed by atoms with Crippen LogP contribution in [-0.4, -0.2) is 17.9 Å². The zero-order valence-electron chi connectivity index (χ0n) is 12.7. The summed E-state index contributed by atoms with van der Waals surface area (Å²) >= 11 is 0. The Balaban J connectivity index is 2.27. The Hall–Kier alpha value is -2.49. The molecular formula is C18H17FO3. The quantitative estimate of drug-likeness (QED) is 0.628. The van der Waals surface area contributed by atoms with Crippen LogP contribution in [0, 0.1) is 5.82 Å². The largest absolute Gasteiger partial charge is 0.456 e. The van der Waals surface area contributed by atoms with E-state index >= 15 is 0 Å². The highest BCUT2D eigenvalue weighted by molar-refractivity contribution is 5.90. The number of hydrogen-bond acceptors (Lipinski definition) is 3. The third kappa shape index (κ3) is 4.01. The Bertz CT molecular complexity index is 697. The highest BCUT2D eigenvalue weighted by Gasteiger charge is 2.17. The predicted molar refractivity (Wildman–Crippen MR) is 82.4 cm³/mol. The summed E-state index contributed by atoms with van der Waals surface area (Å²) in [6.07, 6.45) is 0.599. The van der Waals surface area contributed by atoms with Crippen molar-refractivity contribution in [3.05, 3.63) is 59.4 Å². The highest BCUT2D eigenvalue weighted by atomic mass is 19.1. The van der Waals surface area contributed by atoms with Crippen molar-refractivity contribution in [2.75, 3.05) is 0 Å². The molecule has 0 atom stereocenters. The number of ether oxygens (including phenoxy) is 1. The summed E-state index contributed by atoms with van der Waals surface area (Å²) < 4.78 is 18.7. The topological polar surface area (TPSA) is 43.4 Å². The fourth-order valence-electron chi connectivity index (χ4n) is 1.98. The zero-order chi connectivity index (χ0) is 16.3. The number of benzene rings is 2. The van der Waals surface area contributed by atoms with Gasteiger partial charge >= 0.3 is 5.97 Å². The molecule has 0 heterocycles. The van der Waals surface area contributed by atoms with E-state index in [0.29, 0.717) is 17.4 Å². The lowest BCUT2D eigenvalue weighted by Gasteiger charge is -2.19. The molecule has 2 aromatic carbocycles. The minimum atomic E-state index is -0.558. The van der Waals surface area contributed by atoms with Crippen molar-refractivity contribution in [1.29, 1.82) is 0 Å². The van der Waals surface area contributed by atoms with Gasteiger partial charge in [0.2, 0.25) is 0 Å². The van der Waals surface area contributed by atoms with E-state index in [1.807, 2.05) is 0 Å². The van der Waals surface area contributed by atoms with Gasteiger partial charge in [0.25, 0.3) is 0 Å². The molecule has 0 amide bonds. The summed E-state index contributed by atoms with van der Waals surface area (Å²) in [5, 5.41) is 0. The molecule has 0 spiro atoms. The smallest absolute Gasteiger partial charge is 0.338 e. The van der Waals surface area contributed by atoms with Gasteiger partial charge in [0.1, 0.15) is 17.7 Å². The second-order valence-electron chi connectivity index (χ2n) is 5.97. The molecular weight excluding hydrogens is 283 g/mol. The van der Waals surface area contributed by atoms with Crippen LogP contribution in [0.25, 0.3) is 11.1 Å². The summed E-state index contributed by atoms with van der Waals surface area (Å²) in [4.78, 5) is 22.7. The van der Waals surface area contributed by atoms with Crippen LogP contribution in [0.4, 0.5) is 4.39 Å². The molecule has 3 nitrogen and oxygen atoms in total. The van der Waals surface area contributed by atoms with E-state index in [4.69, 9.17) is 4.74 Å². The van der Waals surface area contributed by atoms with Gasteiger partial charge in [-0.2, -0.15) is 0 Å². The monoisotopic (exact) mass is 300 g/mol. The van der Waals surface area contributed by atoms with E-state index in [2.05, 4.69) is 0 Å².